The molecule has 3 rings (SSSR count). The Labute approximate surface area is 207 Å². The maximum Gasteiger partial charge on any atom is 0.254 e. The fourth-order valence-corrected chi connectivity index (χ4v) is 4.83. The van der Waals surface area contributed by atoms with E-state index in [1.165, 1.54) is 6.07 Å². The van der Waals surface area contributed by atoms with Crippen molar-refractivity contribution in [2.24, 2.45) is 10.8 Å². The van der Waals surface area contributed by atoms with Gasteiger partial charge in [0.25, 0.3) is 5.91 Å². The molecule has 2 aromatic rings. The van der Waals surface area contributed by atoms with Gasteiger partial charge in [0.2, 0.25) is 0 Å². The maximum atomic E-state index is 12.3. The highest BCUT2D eigenvalue weighted by molar-refractivity contribution is 5.94. The number of aromatic nitrogens is 2. The van der Waals surface area contributed by atoms with E-state index in [0.29, 0.717) is 11.1 Å². The smallest absolute Gasteiger partial charge is 0.254 e. The number of phenols is 1. The summed E-state index contributed by atoms with van der Waals surface area (Å²) in [6, 6.07) is 7.13. The SMILES string of the molecule is CC.CC(C)c1ncc(C(=O)NC2C(C)(C)CC2(C)C)cn1.CCCc1cc(O)ccc1C#N.[HH]. The Hall–Kier alpha value is -2.94. The van der Waals surface area contributed by atoms with E-state index >= 15 is 0 Å². The molecule has 0 spiro atoms. The van der Waals surface area contributed by atoms with Crippen LogP contribution < -0.4 is 5.32 Å². The molecule has 1 aliphatic carbocycles. The predicted molar refractivity (Wildman–Crippen MR) is 140 cm³/mol. The summed E-state index contributed by atoms with van der Waals surface area (Å²) in [4.78, 5) is 20.8. The summed E-state index contributed by atoms with van der Waals surface area (Å²) in [5.41, 5.74) is 2.43. The van der Waals surface area contributed by atoms with Gasteiger partial charge >= 0.3 is 0 Å². The third-order valence-electron chi connectivity index (χ3n) is 5.93. The molecule has 0 saturated heterocycles. The highest BCUT2D eigenvalue weighted by Crippen LogP contribution is 2.53. The molecule has 2 N–H and O–H groups in total. The van der Waals surface area contributed by atoms with Crippen molar-refractivity contribution in [3.05, 3.63) is 53.1 Å². The molecule has 0 atom stereocenters. The van der Waals surface area contributed by atoms with Crippen molar-refractivity contribution in [2.45, 2.75) is 93.5 Å². The Bertz CT molecular complexity index is 965. The molecule has 1 aromatic heterocycles. The summed E-state index contributed by atoms with van der Waals surface area (Å²) in [5, 5.41) is 21.0. The van der Waals surface area contributed by atoms with Gasteiger partial charge in [0.1, 0.15) is 11.6 Å². The van der Waals surface area contributed by atoms with Crippen LogP contribution in [0.25, 0.3) is 0 Å². The molecule has 0 unspecified atom stereocenters. The van der Waals surface area contributed by atoms with Crippen LogP contribution in [0.5, 0.6) is 5.75 Å². The van der Waals surface area contributed by atoms with Crippen molar-refractivity contribution in [3.63, 3.8) is 0 Å². The number of phenolic OH excluding ortho intramolecular Hbond substituents is 1. The molecule has 6 heteroatoms. The lowest BCUT2D eigenvalue weighted by Gasteiger charge is -2.57. The zero-order valence-electron chi connectivity index (χ0n) is 22.4. The fraction of sp³-hybridized carbons (Fsp3) is 0.571. The molecule has 34 heavy (non-hydrogen) atoms. The molecular formula is C28H44N4O2. The summed E-state index contributed by atoms with van der Waals surface area (Å²) in [7, 11) is 0. The van der Waals surface area contributed by atoms with E-state index in [-0.39, 0.29) is 35.9 Å². The third kappa shape index (κ3) is 7.55. The minimum atomic E-state index is -0.0776. The van der Waals surface area contributed by atoms with Crippen LogP contribution in [0.2, 0.25) is 0 Å². The first-order valence-corrected chi connectivity index (χ1v) is 12.3. The lowest BCUT2D eigenvalue weighted by molar-refractivity contribution is -0.0366. The van der Waals surface area contributed by atoms with Crippen LogP contribution in [-0.4, -0.2) is 27.0 Å². The van der Waals surface area contributed by atoms with E-state index < -0.39 is 0 Å². The molecule has 1 aromatic carbocycles. The van der Waals surface area contributed by atoms with Gasteiger partial charge in [0.05, 0.1) is 17.2 Å². The van der Waals surface area contributed by atoms with Crippen molar-refractivity contribution in [3.8, 4) is 11.8 Å². The number of aryl methyl sites for hydroxylation is 1. The number of aromatic hydroxyl groups is 1. The number of rotatable bonds is 5. The molecule has 6 nitrogen and oxygen atoms in total. The van der Waals surface area contributed by atoms with Crippen molar-refractivity contribution >= 4 is 5.91 Å². The topological polar surface area (TPSA) is 98.9 Å². The van der Waals surface area contributed by atoms with Gasteiger partial charge in [-0.15, -0.1) is 0 Å². The summed E-state index contributed by atoms with van der Waals surface area (Å²) in [5.74, 6) is 1.20. The van der Waals surface area contributed by atoms with Crippen LogP contribution in [0.15, 0.2) is 30.6 Å². The van der Waals surface area contributed by atoms with Gasteiger partial charge in [-0.3, -0.25) is 4.79 Å². The van der Waals surface area contributed by atoms with Gasteiger partial charge in [-0.05, 0) is 47.4 Å². The molecule has 188 valence electrons. The monoisotopic (exact) mass is 468 g/mol. The van der Waals surface area contributed by atoms with Gasteiger partial charge < -0.3 is 10.4 Å². The van der Waals surface area contributed by atoms with Crippen molar-refractivity contribution < 1.29 is 11.3 Å². The first kappa shape index (κ1) is 29.1. The average Bonchev–Trinajstić information content (AvgIpc) is 2.79. The minimum absolute atomic E-state index is 0. The van der Waals surface area contributed by atoms with Gasteiger partial charge in [-0.2, -0.15) is 5.26 Å². The zero-order chi connectivity index (χ0) is 26.1. The highest BCUT2D eigenvalue weighted by Gasteiger charge is 2.53. The van der Waals surface area contributed by atoms with E-state index in [0.717, 1.165) is 30.7 Å². The summed E-state index contributed by atoms with van der Waals surface area (Å²) in [6.07, 6.45) is 6.19. The third-order valence-corrected chi connectivity index (χ3v) is 5.93. The Morgan fingerprint density at radius 2 is 1.76 bits per heavy atom. The van der Waals surface area contributed by atoms with Crippen molar-refractivity contribution in [1.82, 2.24) is 15.3 Å². The van der Waals surface area contributed by atoms with Crippen LogP contribution in [0, 0.1) is 22.2 Å². The number of nitrogens with one attached hydrogen (secondary N) is 1. The number of benzene rings is 1. The van der Waals surface area contributed by atoms with Gasteiger partial charge in [0.15, 0.2) is 0 Å². The Morgan fingerprint density at radius 3 is 2.21 bits per heavy atom. The standard InChI is InChI=1S/C16H25N3O.C10H11NO.C2H6.H2/c1-10(2)12-17-7-11(8-18-12)13(20)19-14-15(3,4)9-16(14,5)6;1-2-3-8-6-10(12)5-4-9(8)7-11;1-2;/h7-8,10,14H,9H2,1-6H3,(H,19,20);4-6,12H,2-3H2,1H3;1-2H3;1H. The summed E-state index contributed by atoms with van der Waals surface area (Å²) < 4.78 is 0. The first-order valence-electron chi connectivity index (χ1n) is 12.3. The van der Waals surface area contributed by atoms with E-state index in [1.807, 2.05) is 34.6 Å². The maximum absolute atomic E-state index is 12.3. The second kappa shape index (κ2) is 12.5. The van der Waals surface area contributed by atoms with Crippen LogP contribution in [0.4, 0.5) is 0 Å². The van der Waals surface area contributed by atoms with E-state index in [4.69, 9.17) is 10.4 Å². The number of carbonyl (C=O) groups excluding carboxylic acids is 1. The molecule has 0 bridgehead atoms. The molecule has 0 aliphatic heterocycles. The predicted octanol–water partition coefficient (Wildman–Crippen LogP) is 6.64. The quantitative estimate of drug-likeness (QED) is 0.512. The number of hydrogen-bond acceptors (Lipinski definition) is 5. The molecule has 1 fully saturated rings. The molecule has 0 radical (unpaired) electrons. The molecule has 1 heterocycles. The van der Waals surface area contributed by atoms with Crippen LogP contribution in [0.1, 0.15) is 110 Å². The molecule has 1 saturated carbocycles. The summed E-state index contributed by atoms with van der Waals surface area (Å²) in [6.45, 7) is 18.9. The number of amides is 1. The summed E-state index contributed by atoms with van der Waals surface area (Å²) >= 11 is 0. The number of hydrogen-bond donors (Lipinski definition) is 2. The molecule has 1 amide bonds. The lowest BCUT2D eigenvalue weighted by atomic mass is 9.52. The van der Waals surface area contributed by atoms with Crippen LogP contribution in [0.3, 0.4) is 0 Å². The Morgan fingerprint density at radius 1 is 1.21 bits per heavy atom. The second-order valence-corrected chi connectivity index (χ2v) is 10.2. The van der Waals surface area contributed by atoms with E-state index in [1.54, 1.807) is 24.5 Å². The van der Waals surface area contributed by atoms with E-state index in [9.17, 15) is 4.79 Å². The zero-order valence-corrected chi connectivity index (χ0v) is 22.4. The van der Waals surface area contributed by atoms with Crippen molar-refractivity contribution in [2.75, 3.05) is 0 Å². The normalized spacial score (nSPS) is 15.6. The number of carbonyl (C=O) groups is 1. The van der Waals surface area contributed by atoms with Gasteiger partial charge in [-0.1, -0.05) is 68.7 Å². The fourth-order valence-electron chi connectivity index (χ4n) is 4.83. The second-order valence-electron chi connectivity index (χ2n) is 10.2. The first-order chi connectivity index (χ1) is 15.9. The highest BCUT2D eigenvalue weighted by atomic mass is 16.3. The Balaban J connectivity index is 0.000000664. The largest absolute Gasteiger partial charge is 0.508 e. The minimum Gasteiger partial charge on any atom is -0.508 e. The van der Waals surface area contributed by atoms with Crippen LogP contribution in [-0.2, 0) is 6.42 Å². The molecular weight excluding hydrogens is 424 g/mol. The van der Waals surface area contributed by atoms with Gasteiger partial charge in [-0.25, -0.2) is 9.97 Å². The van der Waals surface area contributed by atoms with Gasteiger partial charge in [0, 0.05) is 25.8 Å². The Kier molecular flexibility index (Phi) is 10.7. The van der Waals surface area contributed by atoms with E-state index in [2.05, 4.69) is 49.0 Å². The van der Waals surface area contributed by atoms with Crippen LogP contribution >= 0.6 is 0 Å². The number of nitrogens with zero attached hydrogens (tertiary/aromatic N) is 3. The number of nitriles is 1. The average molecular weight is 469 g/mol. The van der Waals surface area contributed by atoms with Crippen molar-refractivity contribution in [1.29, 1.82) is 5.26 Å². The molecule has 1 aliphatic rings. The lowest BCUT2D eigenvalue weighted by Crippen LogP contribution is -2.63.